The Morgan fingerprint density at radius 1 is 1.31 bits per heavy atom. The van der Waals surface area contributed by atoms with Crippen LogP contribution in [0.1, 0.15) is 58.6 Å². The Labute approximate surface area is 189 Å². The number of benzene rings is 1. The van der Waals surface area contributed by atoms with Gasteiger partial charge in [0.25, 0.3) is 0 Å². The van der Waals surface area contributed by atoms with Crippen molar-refractivity contribution in [2.75, 3.05) is 0 Å². The molecule has 0 bridgehead atoms. The van der Waals surface area contributed by atoms with Crippen LogP contribution >= 0.6 is 0 Å². The number of carbonyl (C=O) groups is 1. The lowest BCUT2D eigenvalue weighted by Gasteiger charge is -2.46. The lowest BCUT2D eigenvalue weighted by molar-refractivity contribution is -0.0700. The van der Waals surface area contributed by atoms with Crippen molar-refractivity contribution in [3.63, 3.8) is 0 Å². The molecule has 3 heterocycles. The summed E-state index contributed by atoms with van der Waals surface area (Å²) < 4.78 is 7.89. The minimum absolute atomic E-state index is 0.0209. The third-order valence-electron chi connectivity index (χ3n) is 7.50. The van der Waals surface area contributed by atoms with Gasteiger partial charge >= 0.3 is 6.09 Å². The zero-order chi connectivity index (χ0) is 22.8. The Morgan fingerprint density at radius 2 is 2.06 bits per heavy atom. The number of amides is 1. The van der Waals surface area contributed by atoms with Gasteiger partial charge < -0.3 is 14.4 Å². The molecule has 6 atom stereocenters. The van der Waals surface area contributed by atoms with E-state index in [1.54, 1.807) is 0 Å². The van der Waals surface area contributed by atoms with Crippen molar-refractivity contribution >= 4 is 6.09 Å². The second kappa shape index (κ2) is 7.48. The Bertz CT molecular complexity index is 1050. The molecule has 1 saturated carbocycles. The van der Waals surface area contributed by atoms with Crippen LogP contribution in [0, 0.1) is 11.8 Å². The maximum atomic E-state index is 12.9. The van der Waals surface area contributed by atoms with E-state index in [0.717, 1.165) is 30.5 Å². The smallest absolute Gasteiger partial charge is 0.411 e. The fraction of sp³-hybridized carbons (Fsp3) is 0.538. The number of aromatic nitrogens is 2. The average molecular weight is 436 g/mol. The molecule has 0 radical (unpaired) electrons. The van der Waals surface area contributed by atoms with Crippen molar-refractivity contribution in [1.29, 1.82) is 0 Å². The zero-order valence-electron chi connectivity index (χ0n) is 19.4. The molecular formula is C26H33N3O3. The van der Waals surface area contributed by atoms with Crippen LogP contribution in [-0.2, 0) is 4.74 Å². The van der Waals surface area contributed by atoms with Crippen LogP contribution in [0.5, 0.6) is 0 Å². The molecule has 0 spiro atoms. The van der Waals surface area contributed by atoms with Gasteiger partial charge in [0.05, 0.1) is 36.4 Å². The second-order valence-electron chi connectivity index (χ2n) is 10.7. The van der Waals surface area contributed by atoms with Crippen LogP contribution < -0.4 is 0 Å². The Hall–Kier alpha value is -2.60. The quantitative estimate of drug-likeness (QED) is 0.704. The van der Waals surface area contributed by atoms with E-state index in [4.69, 9.17) is 4.74 Å². The van der Waals surface area contributed by atoms with Crippen LogP contribution in [0.2, 0.25) is 0 Å². The predicted octanol–water partition coefficient (Wildman–Crippen LogP) is 4.79. The monoisotopic (exact) mass is 435 g/mol. The minimum atomic E-state index is -0.537. The topological polar surface area (TPSA) is 67.6 Å². The van der Waals surface area contributed by atoms with Crippen molar-refractivity contribution in [1.82, 2.24) is 14.5 Å². The highest BCUT2D eigenvalue weighted by Crippen LogP contribution is 2.52. The van der Waals surface area contributed by atoms with Crippen molar-refractivity contribution in [3.8, 4) is 11.3 Å². The van der Waals surface area contributed by atoms with Gasteiger partial charge in [-0.2, -0.15) is 0 Å². The molecule has 2 fully saturated rings. The molecule has 1 aromatic heterocycles. The molecule has 3 aliphatic rings. The summed E-state index contributed by atoms with van der Waals surface area (Å²) in [6, 6.07) is 8.52. The number of ether oxygens (including phenoxy) is 1. The third kappa shape index (κ3) is 3.36. The molecule has 2 aliphatic heterocycles. The summed E-state index contributed by atoms with van der Waals surface area (Å²) in [5, 5.41) is 11.2. The largest absolute Gasteiger partial charge is 0.444 e. The van der Waals surface area contributed by atoms with E-state index in [0.29, 0.717) is 0 Å². The van der Waals surface area contributed by atoms with Crippen LogP contribution in [0.15, 0.2) is 48.9 Å². The summed E-state index contributed by atoms with van der Waals surface area (Å²) >= 11 is 0. The molecule has 1 N–H and O–H groups in total. The number of fused-ring (bicyclic) bond motifs is 3. The summed E-state index contributed by atoms with van der Waals surface area (Å²) in [5.74, 6) is 0.307. The number of aliphatic hydroxyl groups excluding tert-OH is 1. The molecule has 170 valence electrons. The van der Waals surface area contributed by atoms with Gasteiger partial charge in [-0.1, -0.05) is 36.4 Å². The van der Waals surface area contributed by atoms with E-state index in [9.17, 15) is 9.90 Å². The standard InChI is InChI=1S/C26H33N3O3/c1-15-10-18(29(16(15)2)25(31)32-26(3,4)5)11-17-12-21(24(17)30)23-20-9-7-6-8-19(20)22-13-27-14-28(22)23/h6-9,13-14,16-18,21,23-24,30H,1,10-12H2,2-5H3/t16-,17+,18-,21-,23-,24-/m0/s1. The highest BCUT2D eigenvalue weighted by atomic mass is 16.6. The normalized spacial score (nSPS) is 31.3. The molecule has 6 heteroatoms. The van der Waals surface area contributed by atoms with Crippen molar-refractivity contribution in [2.24, 2.45) is 11.8 Å². The maximum absolute atomic E-state index is 12.9. The molecule has 5 rings (SSSR count). The van der Waals surface area contributed by atoms with E-state index in [1.807, 2.05) is 45.1 Å². The number of rotatable bonds is 3. The highest BCUT2D eigenvalue weighted by molar-refractivity contribution is 5.71. The maximum Gasteiger partial charge on any atom is 0.411 e. The summed E-state index contributed by atoms with van der Waals surface area (Å²) in [7, 11) is 0. The number of imidazole rings is 1. The lowest BCUT2D eigenvalue weighted by Crippen LogP contribution is -2.50. The Kier molecular flexibility index (Phi) is 4.97. The van der Waals surface area contributed by atoms with Crippen LogP contribution in [0.3, 0.4) is 0 Å². The van der Waals surface area contributed by atoms with Gasteiger partial charge in [0.1, 0.15) is 5.60 Å². The molecule has 2 aromatic rings. The van der Waals surface area contributed by atoms with Gasteiger partial charge in [-0.3, -0.25) is 4.90 Å². The highest BCUT2D eigenvalue weighted by Gasteiger charge is 2.50. The molecule has 1 aromatic carbocycles. The van der Waals surface area contributed by atoms with Crippen LogP contribution in [-0.4, -0.2) is 49.4 Å². The van der Waals surface area contributed by atoms with Crippen LogP contribution in [0.25, 0.3) is 11.3 Å². The first-order chi connectivity index (χ1) is 15.2. The molecule has 1 aliphatic carbocycles. The number of nitrogens with zero attached hydrogens (tertiary/aromatic N) is 3. The average Bonchev–Trinajstić information content (AvgIpc) is 3.38. The molecule has 6 nitrogen and oxygen atoms in total. The van der Waals surface area contributed by atoms with Crippen molar-refractivity contribution < 1.29 is 14.6 Å². The SMILES string of the molecule is C=C1C[C@@H](C[C@@H]2C[C@@H]([C@@H]3c4ccccc4-c4cncn43)[C@H]2O)N(C(=O)OC(C)(C)C)[C@H]1C. The second-order valence-corrected chi connectivity index (χ2v) is 10.7. The zero-order valence-corrected chi connectivity index (χ0v) is 19.4. The first-order valence-electron chi connectivity index (χ1n) is 11.6. The van der Waals surface area contributed by atoms with E-state index in [-0.39, 0.29) is 36.1 Å². The van der Waals surface area contributed by atoms with Gasteiger partial charge in [0, 0.05) is 17.5 Å². The summed E-state index contributed by atoms with van der Waals surface area (Å²) in [6.45, 7) is 11.9. The Balaban J connectivity index is 1.31. The number of hydrogen-bond acceptors (Lipinski definition) is 4. The van der Waals surface area contributed by atoms with Gasteiger partial charge in [-0.15, -0.1) is 0 Å². The first kappa shape index (κ1) is 21.3. The number of hydrogen-bond donors (Lipinski definition) is 1. The first-order valence-corrected chi connectivity index (χ1v) is 11.6. The van der Waals surface area contributed by atoms with E-state index < -0.39 is 11.7 Å². The van der Waals surface area contributed by atoms with Gasteiger partial charge in [0.15, 0.2) is 0 Å². The van der Waals surface area contributed by atoms with E-state index in [1.165, 1.54) is 11.1 Å². The fourth-order valence-electron chi connectivity index (χ4n) is 5.90. The van der Waals surface area contributed by atoms with Crippen molar-refractivity contribution in [2.45, 2.75) is 76.8 Å². The summed E-state index contributed by atoms with van der Waals surface area (Å²) in [5.41, 5.74) is 4.12. The molecule has 32 heavy (non-hydrogen) atoms. The summed E-state index contributed by atoms with van der Waals surface area (Å²) in [6.07, 6.45) is 5.56. The number of likely N-dealkylation sites (tertiary alicyclic amines) is 1. The van der Waals surface area contributed by atoms with E-state index >= 15 is 0 Å². The predicted molar refractivity (Wildman–Crippen MR) is 123 cm³/mol. The molecule has 1 amide bonds. The minimum Gasteiger partial charge on any atom is -0.444 e. The molecule has 0 unspecified atom stereocenters. The molecular weight excluding hydrogens is 402 g/mol. The van der Waals surface area contributed by atoms with E-state index in [2.05, 4.69) is 40.4 Å². The van der Waals surface area contributed by atoms with Crippen molar-refractivity contribution in [3.05, 3.63) is 54.5 Å². The van der Waals surface area contributed by atoms with Gasteiger partial charge in [0.2, 0.25) is 0 Å². The van der Waals surface area contributed by atoms with Gasteiger partial charge in [-0.25, -0.2) is 9.78 Å². The van der Waals surface area contributed by atoms with Crippen LogP contribution in [0.4, 0.5) is 4.79 Å². The fourth-order valence-corrected chi connectivity index (χ4v) is 5.90. The summed E-state index contributed by atoms with van der Waals surface area (Å²) in [4.78, 5) is 19.1. The lowest BCUT2D eigenvalue weighted by atomic mass is 9.65. The molecule has 1 saturated heterocycles. The van der Waals surface area contributed by atoms with Gasteiger partial charge in [-0.05, 0) is 58.4 Å². The Morgan fingerprint density at radius 3 is 2.78 bits per heavy atom. The third-order valence-corrected chi connectivity index (χ3v) is 7.50. The number of carbonyl (C=O) groups excluding carboxylic acids is 1. The number of aliphatic hydroxyl groups is 1.